The Morgan fingerprint density at radius 2 is 1.94 bits per heavy atom. The van der Waals surface area contributed by atoms with Gasteiger partial charge in [-0.1, -0.05) is 13.8 Å². The molecule has 0 bridgehead atoms. The van der Waals surface area contributed by atoms with Gasteiger partial charge in [0.25, 0.3) is 0 Å². The molecule has 1 atom stereocenters. The largest absolute Gasteiger partial charge is 0.490 e. The van der Waals surface area contributed by atoms with Gasteiger partial charge in [-0.05, 0) is 18.1 Å². The molecule has 1 aliphatic rings. The standard InChI is InChI=1S/C14H22N2O2/c1-10(2)12(9-15)16-11-4-5-13-14(8-11)18-7-3-6-17-13/h4-5,8,10,12,16H,3,6-7,9,15H2,1-2H3. The van der Waals surface area contributed by atoms with Crippen LogP contribution < -0.4 is 20.5 Å². The van der Waals surface area contributed by atoms with E-state index in [1.54, 1.807) is 0 Å². The molecule has 2 rings (SSSR count). The maximum Gasteiger partial charge on any atom is 0.163 e. The minimum atomic E-state index is 0.273. The van der Waals surface area contributed by atoms with Crippen LogP contribution in [0.25, 0.3) is 0 Å². The summed E-state index contributed by atoms with van der Waals surface area (Å²) in [6.45, 7) is 6.37. The molecule has 0 saturated heterocycles. The summed E-state index contributed by atoms with van der Waals surface area (Å²) in [6.07, 6.45) is 0.925. The summed E-state index contributed by atoms with van der Waals surface area (Å²) in [4.78, 5) is 0. The van der Waals surface area contributed by atoms with Crippen LogP contribution in [0.5, 0.6) is 11.5 Å². The molecular formula is C14H22N2O2. The van der Waals surface area contributed by atoms with Gasteiger partial charge < -0.3 is 20.5 Å². The van der Waals surface area contributed by atoms with Gasteiger partial charge in [-0.15, -0.1) is 0 Å². The molecule has 4 nitrogen and oxygen atoms in total. The Hall–Kier alpha value is -1.42. The van der Waals surface area contributed by atoms with E-state index < -0.39 is 0 Å². The molecule has 1 aromatic rings. The van der Waals surface area contributed by atoms with Crippen molar-refractivity contribution in [2.45, 2.75) is 26.3 Å². The molecule has 100 valence electrons. The van der Waals surface area contributed by atoms with Gasteiger partial charge in [-0.3, -0.25) is 0 Å². The Morgan fingerprint density at radius 1 is 1.22 bits per heavy atom. The minimum absolute atomic E-state index is 0.273. The van der Waals surface area contributed by atoms with Crippen LogP contribution in [0.15, 0.2) is 18.2 Å². The average molecular weight is 250 g/mol. The molecule has 0 amide bonds. The van der Waals surface area contributed by atoms with E-state index in [9.17, 15) is 0 Å². The molecule has 0 radical (unpaired) electrons. The summed E-state index contributed by atoms with van der Waals surface area (Å²) in [5, 5.41) is 3.44. The van der Waals surface area contributed by atoms with Crippen LogP contribution in [-0.4, -0.2) is 25.8 Å². The predicted molar refractivity (Wildman–Crippen MR) is 73.4 cm³/mol. The highest BCUT2D eigenvalue weighted by atomic mass is 16.5. The van der Waals surface area contributed by atoms with E-state index >= 15 is 0 Å². The number of hydrogen-bond donors (Lipinski definition) is 2. The second-order valence-corrected chi connectivity index (χ2v) is 4.94. The smallest absolute Gasteiger partial charge is 0.163 e. The molecule has 1 aromatic carbocycles. The van der Waals surface area contributed by atoms with Gasteiger partial charge in [-0.2, -0.15) is 0 Å². The lowest BCUT2D eigenvalue weighted by molar-refractivity contribution is 0.297. The minimum Gasteiger partial charge on any atom is -0.490 e. The number of ether oxygens (including phenoxy) is 2. The molecule has 0 saturated carbocycles. The number of rotatable bonds is 4. The van der Waals surface area contributed by atoms with Crippen LogP contribution in [0.4, 0.5) is 5.69 Å². The fourth-order valence-corrected chi connectivity index (χ4v) is 1.96. The van der Waals surface area contributed by atoms with Crippen molar-refractivity contribution in [1.29, 1.82) is 0 Å². The van der Waals surface area contributed by atoms with E-state index in [1.807, 2.05) is 18.2 Å². The van der Waals surface area contributed by atoms with Crippen molar-refractivity contribution in [2.75, 3.05) is 25.1 Å². The summed E-state index contributed by atoms with van der Waals surface area (Å²) >= 11 is 0. The van der Waals surface area contributed by atoms with Crippen LogP contribution in [-0.2, 0) is 0 Å². The lowest BCUT2D eigenvalue weighted by Gasteiger charge is -2.22. The fourth-order valence-electron chi connectivity index (χ4n) is 1.96. The molecular weight excluding hydrogens is 228 g/mol. The number of benzene rings is 1. The number of nitrogens with two attached hydrogens (primary N) is 1. The second-order valence-electron chi connectivity index (χ2n) is 4.94. The Morgan fingerprint density at radius 3 is 2.61 bits per heavy atom. The zero-order valence-corrected chi connectivity index (χ0v) is 11.1. The van der Waals surface area contributed by atoms with Crippen LogP contribution >= 0.6 is 0 Å². The third kappa shape index (κ3) is 3.07. The predicted octanol–water partition coefficient (Wildman–Crippen LogP) is 2.24. The highest BCUT2D eigenvalue weighted by Gasteiger charge is 2.14. The first kappa shape index (κ1) is 13.0. The maximum atomic E-state index is 5.77. The Balaban J connectivity index is 2.12. The summed E-state index contributed by atoms with van der Waals surface area (Å²) in [6, 6.07) is 6.23. The van der Waals surface area contributed by atoms with Crippen molar-refractivity contribution >= 4 is 5.69 Å². The zero-order valence-electron chi connectivity index (χ0n) is 11.1. The fraction of sp³-hybridized carbons (Fsp3) is 0.571. The Labute approximate surface area is 108 Å². The van der Waals surface area contributed by atoms with Crippen LogP contribution in [0.1, 0.15) is 20.3 Å². The van der Waals surface area contributed by atoms with Gasteiger partial charge in [0.2, 0.25) is 0 Å². The molecule has 0 fully saturated rings. The van der Waals surface area contributed by atoms with E-state index in [1.165, 1.54) is 0 Å². The molecule has 0 spiro atoms. The molecule has 1 unspecified atom stereocenters. The van der Waals surface area contributed by atoms with Crippen molar-refractivity contribution in [1.82, 2.24) is 0 Å². The first-order chi connectivity index (χ1) is 8.70. The van der Waals surface area contributed by atoms with Crippen LogP contribution in [0.3, 0.4) is 0 Å². The Kier molecular flexibility index (Phi) is 4.31. The third-order valence-corrected chi connectivity index (χ3v) is 3.16. The summed E-state index contributed by atoms with van der Waals surface area (Å²) in [5.74, 6) is 2.13. The van der Waals surface area contributed by atoms with Crippen LogP contribution in [0.2, 0.25) is 0 Å². The molecule has 3 N–H and O–H groups in total. The van der Waals surface area contributed by atoms with Crippen LogP contribution in [0, 0.1) is 5.92 Å². The number of anilines is 1. The first-order valence-electron chi connectivity index (χ1n) is 6.57. The molecule has 1 heterocycles. The lowest BCUT2D eigenvalue weighted by Crippen LogP contribution is -2.33. The van der Waals surface area contributed by atoms with Gasteiger partial charge >= 0.3 is 0 Å². The maximum absolute atomic E-state index is 5.77. The second kappa shape index (κ2) is 5.96. The number of fused-ring (bicyclic) bond motifs is 1. The van der Waals surface area contributed by atoms with Gasteiger partial charge in [-0.25, -0.2) is 0 Å². The van der Waals surface area contributed by atoms with Crippen molar-refractivity contribution in [3.63, 3.8) is 0 Å². The summed E-state index contributed by atoms with van der Waals surface area (Å²) in [7, 11) is 0. The molecule has 4 heteroatoms. The monoisotopic (exact) mass is 250 g/mol. The first-order valence-corrected chi connectivity index (χ1v) is 6.57. The number of hydrogen-bond acceptors (Lipinski definition) is 4. The molecule has 0 aliphatic carbocycles. The topological polar surface area (TPSA) is 56.5 Å². The highest BCUT2D eigenvalue weighted by Crippen LogP contribution is 2.32. The third-order valence-electron chi connectivity index (χ3n) is 3.16. The number of nitrogens with one attached hydrogen (secondary N) is 1. The van der Waals surface area contributed by atoms with Gasteiger partial charge in [0, 0.05) is 30.8 Å². The molecule has 0 aromatic heterocycles. The normalized spacial score (nSPS) is 16.2. The van der Waals surface area contributed by atoms with Crippen molar-refractivity contribution in [2.24, 2.45) is 11.7 Å². The van der Waals surface area contributed by atoms with E-state index in [0.29, 0.717) is 19.1 Å². The lowest BCUT2D eigenvalue weighted by atomic mass is 10.0. The van der Waals surface area contributed by atoms with Gasteiger partial charge in [0.1, 0.15) is 0 Å². The van der Waals surface area contributed by atoms with E-state index in [-0.39, 0.29) is 6.04 Å². The summed E-state index contributed by atoms with van der Waals surface area (Å²) < 4.78 is 11.3. The average Bonchev–Trinajstić information content (AvgIpc) is 2.60. The zero-order chi connectivity index (χ0) is 13.0. The van der Waals surface area contributed by atoms with Crippen molar-refractivity contribution in [3.05, 3.63) is 18.2 Å². The van der Waals surface area contributed by atoms with Crippen molar-refractivity contribution in [3.8, 4) is 11.5 Å². The SMILES string of the molecule is CC(C)C(CN)Nc1ccc2c(c1)OCCCO2. The van der Waals surface area contributed by atoms with Crippen molar-refractivity contribution < 1.29 is 9.47 Å². The Bertz CT molecular complexity index is 393. The molecule has 1 aliphatic heterocycles. The highest BCUT2D eigenvalue weighted by molar-refractivity contribution is 5.55. The van der Waals surface area contributed by atoms with E-state index in [2.05, 4.69) is 19.2 Å². The van der Waals surface area contributed by atoms with Gasteiger partial charge in [0.15, 0.2) is 11.5 Å². The van der Waals surface area contributed by atoms with E-state index in [4.69, 9.17) is 15.2 Å². The molecule has 18 heavy (non-hydrogen) atoms. The quantitative estimate of drug-likeness (QED) is 0.860. The van der Waals surface area contributed by atoms with E-state index in [0.717, 1.165) is 30.2 Å². The van der Waals surface area contributed by atoms with Gasteiger partial charge in [0.05, 0.1) is 13.2 Å². The summed E-state index contributed by atoms with van der Waals surface area (Å²) in [5.41, 5.74) is 6.80.